The molecule has 0 atom stereocenters. The van der Waals surface area contributed by atoms with Crippen molar-refractivity contribution in [2.75, 3.05) is 17.3 Å². The van der Waals surface area contributed by atoms with Crippen molar-refractivity contribution >= 4 is 33.7 Å². The SMILES string of the molecule is CNc1nc2c(N(Cc3ccccc3)Cc3ccccc3)nc3cccc(CC(C)C)c3c2[nH]1. The number of imidazole rings is 1. The van der Waals surface area contributed by atoms with Crippen molar-refractivity contribution in [2.45, 2.75) is 33.4 Å². The third-order valence-corrected chi connectivity index (χ3v) is 6.12. The van der Waals surface area contributed by atoms with E-state index in [4.69, 9.17) is 9.97 Å². The summed E-state index contributed by atoms with van der Waals surface area (Å²) in [5.74, 6) is 2.21. The van der Waals surface area contributed by atoms with Gasteiger partial charge in [0.25, 0.3) is 0 Å². The number of hydrogen-bond donors (Lipinski definition) is 2. The van der Waals surface area contributed by atoms with Crippen LogP contribution in [0, 0.1) is 5.92 Å². The summed E-state index contributed by atoms with van der Waals surface area (Å²) in [5, 5.41) is 4.36. The first-order valence-electron chi connectivity index (χ1n) is 11.9. The van der Waals surface area contributed by atoms with Crippen molar-refractivity contribution in [3.05, 3.63) is 95.6 Å². The number of nitrogens with zero attached hydrogens (tertiary/aromatic N) is 3. The third-order valence-electron chi connectivity index (χ3n) is 6.12. The molecule has 0 aliphatic rings. The molecular weight excluding hydrogens is 418 g/mol. The minimum atomic E-state index is 0.555. The Labute approximate surface area is 200 Å². The molecule has 0 aliphatic heterocycles. The van der Waals surface area contributed by atoms with Gasteiger partial charge in [0, 0.05) is 25.5 Å². The fraction of sp³-hybridized carbons (Fsp3) is 0.241. The fourth-order valence-electron chi connectivity index (χ4n) is 4.61. The van der Waals surface area contributed by atoms with Crippen LogP contribution in [0.25, 0.3) is 21.9 Å². The van der Waals surface area contributed by atoms with E-state index in [-0.39, 0.29) is 0 Å². The Bertz CT molecular complexity index is 1350. The topological polar surface area (TPSA) is 56.8 Å². The molecule has 0 unspecified atom stereocenters. The molecule has 5 heteroatoms. The molecule has 2 aromatic heterocycles. The van der Waals surface area contributed by atoms with Crippen LogP contribution in [0.3, 0.4) is 0 Å². The van der Waals surface area contributed by atoms with E-state index in [1.165, 1.54) is 22.1 Å². The molecule has 5 nitrogen and oxygen atoms in total. The zero-order chi connectivity index (χ0) is 23.5. The number of aromatic amines is 1. The number of fused-ring (bicyclic) bond motifs is 3. The summed E-state index contributed by atoms with van der Waals surface area (Å²) in [6.45, 7) is 6.00. The number of H-pyrrole nitrogens is 1. The highest BCUT2D eigenvalue weighted by atomic mass is 15.2. The van der Waals surface area contributed by atoms with Gasteiger partial charge in [0.15, 0.2) is 5.82 Å². The van der Waals surface area contributed by atoms with Gasteiger partial charge in [-0.1, -0.05) is 86.6 Å². The van der Waals surface area contributed by atoms with Crippen LogP contribution >= 0.6 is 0 Å². The second-order valence-corrected chi connectivity index (χ2v) is 9.23. The number of pyridine rings is 1. The van der Waals surface area contributed by atoms with Gasteiger partial charge in [0.05, 0.1) is 11.0 Å². The smallest absolute Gasteiger partial charge is 0.201 e. The molecule has 3 aromatic carbocycles. The maximum atomic E-state index is 5.23. The van der Waals surface area contributed by atoms with Gasteiger partial charge in [-0.2, -0.15) is 0 Å². The monoisotopic (exact) mass is 449 g/mol. The molecule has 2 heterocycles. The minimum Gasteiger partial charge on any atom is -0.359 e. The van der Waals surface area contributed by atoms with Crippen LogP contribution in [-0.4, -0.2) is 22.0 Å². The summed E-state index contributed by atoms with van der Waals surface area (Å²) in [6, 6.07) is 27.6. The summed E-state index contributed by atoms with van der Waals surface area (Å²) in [7, 11) is 1.90. The van der Waals surface area contributed by atoms with Crippen LogP contribution in [0.5, 0.6) is 0 Å². The van der Waals surface area contributed by atoms with Gasteiger partial charge in [-0.25, -0.2) is 9.97 Å². The number of benzene rings is 3. The number of rotatable bonds is 8. The highest BCUT2D eigenvalue weighted by Gasteiger charge is 2.21. The van der Waals surface area contributed by atoms with E-state index in [9.17, 15) is 0 Å². The maximum Gasteiger partial charge on any atom is 0.201 e. The van der Waals surface area contributed by atoms with E-state index < -0.39 is 0 Å². The second-order valence-electron chi connectivity index (χ2n) is 9.23. The van der Waals surface area contributed by atoms with Gasteiger partial charge < -0.3 is 15.2 Å². The normalized spacial score (nSPS) is 11.4. The zero-order valence-corrected chi connectivity index (χ0v) is 20.0. The molecule has 5 rings (SSSR count). The minimum absolute atomic E-state index is 0.555. The number of anilines is 2. The Morgan fingerprint density at radius 2 is 1.47 bits per heavy atom. The molecule has 0 bridgehead atoms. The lowest BCUT2D eigenvalue weighted by atomic mass is 9.98. The summed E-state index contributed by atoms with van der Waals surface area (Å²) in [5.41, 5.74) is 6.74. The predicted molar refractivity (Wildman–Crippen MR) is 142 cm³/mol. The van der Waals surface area contributed by atoms with E-state index >= 15 is 0 Å². The molecule has 0 fully saturated rings. The summed E-state index contributed by atoms with van der Waals surface area (Å²) in [4.78, 5) is 16.0. The first kappa shape index (κ1) is 22.0. The summed E-state index contributed by atoms with van der Waals surface area (Å²) in [6.07, 6.45) is 0.999. The second kappa shape index (κ2) is 9.56. The van der Waals surface area contributed by atoms with Crippen LogP contribution in [0.2, 0.25) is 0 Å². The Morgan fingerprint density at radius 3 is 2.06 bits per heavy atom. The average molecular weight is 450 g/mol. The molecule has 0 spiro atoms. The van der Waals surface area contributed by atoms with Crippen molar-refractivity contribution in [1.29, 1.82) is 0 Å². The van der Waals surface area contributed by atoms with Crippen LogP contribution in [0.1, 0.15) is 30.5 Å². The van der Waals surface area contributed by atoms with Gasteiger partial charge in [-0.05, 0) is 35.1 Å². The largest absolute Gasteiger partial charge is 0.359 e. The highest BCUT2D eigenvalue weighted by molar-refractivity contribution is 6.09. The molecule has 0 aliphatic carbocycles. The Balaban J connectivity index is 1.71. The van der Waals surface area contributed by atoms with Crippen molar-refractivity contribution in [3.63, 3.8) is 0 Å². The average Bonchev–Trinajstić information content (AvgIpc) is 3.29. The molecule has 2 N–H and O–H groups in total. The van der Waals surface area contributed by atoms with E-state index in [0.29, 0.717) is 5.92 Å². The van der Waals surface area contributed by atoms with E-state index in [0.717, 1.165) is 47.8 Å². The number of hydrogen-bond acceptors (Lipinski definition) is 4. The van der Waals surface area contributed by atoms with E-state index in [2.05, 4.69) is 108 Å². The van der Waals surface area contributed by atoms with Crippen LogP contribution in [0.4, 0.5) is 11.8 Å². The lowest BCUT2D eigenvalue weighted by Gasteiger charge is -2.25. The Kier molecular flexibility index (Phi) is 6.17. The van der Waals surface area contributed by atoms with Crippen molar-refractivity contribution in [2.24, 2.45) is 5.92 Å². The van der Waals surface area contributed by atoms with Gasteiger partial charge in [-0.15, -0.1) is 0 Å². The lowest BCUT2D eigenvalue weighted by Crippen LogP contribution is -2.23. The number of nitrogens with one attached hydrogen (secondary N) is 2. The van der Waals surface area contributed by atoms with E-state index in [1.54, 1.807) is 0 Å². The molecule has 5 aromatic rings. The van der Waals surface area contributed by atoms with Crippen molar-refractivity contribution in [1.82, 2.24) is 15.0 Å². The van der Waals surface area contributed by atoms with Crippen molar-refractivity contribution in [3.8, 4) is 0 Å². The van der Waals surface area contributed by atoms with Crippen LogP contribution < -0.4 is 10.2 Å². The summed E-state index contributed by atoms with van der Waals surface area (Å²) >= 11 is 0. The van der Waals surface area contributed by atoms with Gasteiger partial charge >= 0.3 is 0 Å². The summed E-state index contributed by atoms with van der Waals surface area (Å²) < 4.78 is 0. The third kappa shape index (κ3) is 4.46. The number of aromatic nitrogens is 3. The lowest BCUT2D eigenvalue weighted by molar-refractivity contribution is 0.650. The first-order valence-corrected chi connectivity index (χ1v) is 11.9. The maximum absolute atomic E-state index is 5.23. The molecule has 172 valence electrons. The molecule has 34 heavy (non-hydrogen) atoms. The Morgan fingerprint density at radius 1 is 0.824 bits per heavy atom. The molecule has 0 amide bonds. The fourth-order valence-corrected chi connectivity index (χ4v) is 4.61. The zero-order valence-electron chi connectivity index (χ0n) is 20.0. The van der Waals surface area contributed by atoms with E-state index in [1.807, 2.05) is 7.05 Å². The standard InChI is InChI=1S/C29H31N5/c1-20(2)17-23-15-10-16-24-25(23)26-27(33-29(30-3)32-26)28(31-24)34(18-21-11-6-4-7-12-21)19-22-13-8-5-9-14-22/h4-16,20H,17-19H2,1-3H3,(H2,30,32,33). The predicted octanol–water partition coefficient (Wildman–Crippen LogP) is 6.56. The Hall–Kier alpha value is -3.86. The van der Waals surface area contributed by atoms with Gasteiger partial charge in [0.1, 0.15) is 5.52 Å². The molecule has 0 radical (unpaired) electrons. The van der Waals surface area contributed by atoms with Crippen LogP contribution in [-0.2, 0) is 19.5 Å². The molecule has 0 saturated carbocycles. The van der Waals surface area contributed by atoms with Crippen molar-refractivity contribution < 1.29 is 0 Å². The molecule has 0 saturated heterocycles. The molecular formula is C29H31N5. The van der Waals surface area contributed by atoms with Gasteiger partial charge in [0.2, 0.25) is 5.95 Å². The van der Waals surface area contributed by atoms with Gasteiger partial charge in [-0.3, -0.25) is 0 Å². The first-order chi connectivity index (χ1) is 16.6. The van der Waals surface area contributed by atoms with Crippen LogP contribution in [0.15, 0.2) is 78.9 Å². The highest BCUT2D eigenvalue weighted by Crippen LogP contribution is 2.35. The quantitative estimate of drug-likeness (QED) is 0.282.